The molecule has 6 nitrogen and oxygen atoms in total. The molecule has 1 aromatic rings. The zero-order valence-corrected chi connectivity index (χ0v) is 14.2. The Bertz CT molecular complexity index is 646. The van der Waals surface area contributed by atoms with Crippen LogP contribution < -0.4 is 5.32 Å². The summed E-state index contributed by atoms with van der Waals surface area (Å²) in [7, 11) is -0.351. The molecule has 0 aliphatic carbocycles. The average molecular weight is 344 g/mol. The van der Waals surface area contributed by atoms with E-state index in [4.69, 9.17) is 21.5 Å². The highest BCUT2D eigenvalue weighted by atomic mass is 32.2. The maximum Gasteiger partial charge on any atom is 0.294 e. The minimum Gasteiger partial charge on any atom is -0.372 e. The normalized spacial score (nSPS) is 21.8. The minimum absolute atomic E-state index is 0.0253. The van der Waals surface area contributed by atoms with Gasteiger partial charge in [0, 0.05) is 20.6 Å². The lowest BCUT2D eigenvalue weighted by Gasteiger charge is -2.19. The van der Waals surface area contributed by atoms with Crippen LogP contribution in [0.5, 0.6) is 0 Å². The summed E-state index contributed by atoms with van der Waals surface area (Å²) >= 11 is 5.34. The summed E-state index contributed by atoms with van der Waals surface area (Å²) in [4.78, 5) is 2.63. The topological polar surface area (TPSA) is 78.9 Å². The Morgan fingerprint density at radius 2 is 2.23 bits per heavy atom. The number of thiocarbonyl (C=S) groups is 1. The summed E-state index contributed by atoms with van der Waals surface area (Å²) in [6.45, 7) is 0.994. The zero-order chi connectivity index (χ0) is 16.3. The maximum absolute atomic E-state index is 11.1. The van der Waals surface area contributed by atoms with Gasteiger partial charge in [-0.15, -0.1) is 0 Å². The Morgan fingerprint density at radius 3 is 2.86 bits per heavy atom. The molecule has 0 spiro atoms. The van der Waals surface area contributed by atoms with Crippen molar-refractivity contribution in [2.75, 3.05) is 20.6 Å². The van der Waals surface area contributed by atoms with E-state index in [0.29, 0.717) is 12.1 Å². The van der Waals surface area contributed by atoms with Crippen molar-refractivity contribution in [2.45, 2.75) is 30.1 Å². The van der Waals surface area contributed by atoms with Crippen LogP contribution in [-0.4, -0.2) is 55.6 Å². The zero-order valence-electron chi connectivity index (χ0n) is 12.5. The quantitative estimate of drug-likeness (QED) is 0.611. The second kappa shape index (κ2) is 7.01. The molecule has 0 bridgehead atoms. The van der Waals surface area contributed by atoms with E-state index in [0.717, 1.165) is 11.4 Å². The fourth-order valence-corrected chi connectivity index (χ4v) is 3.07. The highest BCUT2D eigenvalue weighted by molar-refractivity contribution is 7.85. The maximum atomic E-state index is 11.1. The first-order valence-electron chi connectivity index (χ1n) is 6.90. The minimum atomic E-state index is -4.18. The third-order valence-corrected chi connectivity index (χ3v) is 5.01. The van der Waals surface area contributed by atoms with Crippen LogP contribution in [0, 0.1) is 0 Å². The lowest BCUT2D eigenvalue weighted by atomic mass is 10.2. The predicted molar refractivity (Wildman–Crippen MR) is 87.5 cm³/mol. The molecular formula is C14H20N2O4S2. The molecule has 22 heavy (non-hydrogen) atoms. The van der Waals surface area contributed by atoms with Crippen LogP contribution in [0.3, 0.4) is 0 Å². The van der Waals surface area contributed by atoms with E-state index >= 15 is 0 Å². The number of likely N-dealkylation sites (N-methyl/N-ethyl adjacent to an activating group) is 1. The summed E-state index contributed by atoms with van der Waals surface area (Å²) in [5.74, 6) is 0. The van der Waals surface area contributed by atoms with Gasteiger partial charge in [-0.2, -0.15) is 8.42 Å². The predicted octanol–water partition coefficient (Wildman–Crippen LogP) is 1.07. The van der Waals surface area contributed by atoms with E-state index in [9.17, 15) is 8.42 Å². The summed E-state index contributed by atoms with van der Waals surface area (Å²) in [5.41, 5.74) is 0.703. The van der Waals surface area contributed by atoms with Crippen molar-refractivity contribution in [3.8, 4) is 0 Å². The van der Waals surface area contributed by atoms with Gasteiger partial charge in [0.25, 0.3) is 10.1 Å². The van der Waals surface area contributed by atoms with Crippen LogP contribution in [0.15, 0.2) is 29.2 Å². The molecule has 0 radical (unpaired) electrons. The standard InChI is InChI=1S/C14H20N2O4S2/c1-16(2)14(21)13-7-11(8-15-13)20-9-10-4-3-5-12(6-10)22(17,18)19/h3-6,11,13,15H,7-9H2,1-2H3,(H,17,18,19)/t11-,13+/m1/s1. The largest absolute Gasteiger partial charge is 0.372 e. The first-order valence-corrected chi connectivity index (χ1v) is 8.75. The third-order valence-electron chi connectivity index (χ3n) is 3.51. The molecule has 1 aliphatic heterocycles. The number of hydrogen-bond donors (Lipinski definition) is 2. The molecule has 0 aromatic heterocycles. The van der Waals surface area contributed by atoms with Crippen LogP contribution in [-0.2, 0) is 21.5 Å². The second-order valence-electron chi connectivity index (χ2n) is 5.48. The molecule has 1 aromatic carbocycles. The first-order chi connectivity index (χ1) is 10.3. The van der Waals surface area contributed by atoms with Crippen molar-refractivity contribution >= 4 is 27.3 Å². The molecular weight excluding hydrogens is 324 g/mol. The van der Waals surface area contributed by atoms with Gasteiger partial charge in [-0.05, 0) is 24.1 Å². The molecule has 122 valence electrons. The fraction of sp³-hybridized carbons (Fsp3) is 0.500. The Balaban J connectivity index is 1.91. The number of nitrogens with zero attached hydrogens (tertiary/aromatic N) is 1. The Morgan fingerprint density at radius 1 is 1.50 bits per heavy atom. The number of hydrogen-bond acceptors (Lipinski definition) is 5. The molecule has 0 unspecified atom stereocenters. The summed E-state index contributed by atoms with van der Waals surface area (Å²) in [6, 6.07) is 6.23. The van der Waals surface area contributed by atoms with E-state index in [1.165, 1.54) is 12.1 Å². The van der Waals surface area contributed by atoms with Crippen LogP contribution in [0.25, 0.3) is 0 Å². The molecule has 1 fully saturated rings. The summed E-state index contributed by atoms with van der Waals surface area (Å²) in [5, 5.41) is 3.32. The van der Waals surface area contributed by atoms with E-state index in [2.05, 4.69) is 5.32 Å². The summed E-state index contributed by atoms with van der Waals surface area (Å²) < 4.78 is 37.1. The Labute approximate surface area is 136 Å². The van der Waals surface area contributed by atoms with E-state index in [1.54, 1.807) is 12.1 Å². The molecule has 2 atom stereocenters. The van der Waals surface area contributed by atoms with Crippen molar-refractivity contribution in [3.05, 3.63) is 29.8 Å². The van der Waals surface area contributed by atoms with Crippen molar-refractivity contribution in [1.82, 2.24) is 10.2 Å². The van der Waals surface area contributed by atoms with Crippen molar-refractivity contribution < 1.29 is 17.7 Å². The van der Waals surface area contributed by atoms with Gasteiger partial charge in [0.05, 0.1) is 28.6 Å². The third kappa shape index (κ3) is 4.47. The van der Waals surface area contributed by atoms with Gasteiger partial charge in [0.1, 0.15) is 0 Å². The molecule has 8 heteroatoms. The lowest BCUT2D eigenvalue weighted by Crippen LogP contribution is -2.38. The van der Waals surface area contributed by atoms with E-state index in [1.807, 2.05) is 19.0 Å². The molecule has 1 saturated heterocycles. The lowest BCUT2D eigenvalue weighted by molar-refractivity contribution is 0.0533. The molecule has 2 N–H and O–H groups in total. The number of ether oxygens (including phenoxy) is 1. The van der Waals surface area contributed by atoms with Gasteiger partial charge in [0.15, 0.2) is 0 Å². The van der Waals surface area contributed by atoms with Crippen LogP contribution in [0.2, 0.25) is 0 Å². The number of rotatable bonds is 5. The molecule has 0 saturated carbocycles. The summed E-state index contributed by atoms with van der Waals surface area (Å²) in [6.07, 6.45) is 0.812. The van der Waals surface area contributed by atoms with Crippen molar-refractivity contribution in [1.29, 1.82) is 0 Å². The van der Waals surface area contributed by atoms with E-state index < -0.39 is 10.1 Å². The highest BCUT2D eigenvalue weighted by Gasteiger charge is 2.28. The average Bonchev–Trinajstić information content (AvgIpc) is 2.92. The second-order valence-corrected chi connectivity index (χ2v) is 7.32. The van der Waals surface area contributed by atoms with Crippen LogP contribution in [0.1, 0.15) is 12.0 Å². The van der Waals surface area contributed by atoms with Gasteiger partial charge in [-0.1, -0.05) is 24.4 Å². The number of benzene rings is 1. The fourth-order valence-electron chi connectivity index (χ4n) is 2.34. The molecule has 0 amide bonds. The van der Waals surface area contributed by atoms with Crippen molar-refractivity contribution in [3.63, 3.8) is 0 Å². The van der Waals surface area contributed by atoms with Crippen LogP contribution in [0.4, 0.5) is 0 Å². The Kier molecular flexibility index (Phi) is 5.51. The van der Waals surface area contributed by atoms with Gasteiger partial charge in [0.2, 0.25) is 0 Å². The SMILES string of the molecule is CN(C)C(=S)[C@@H]1C[C@@H](OCc2cccc(S(=O)(=O)O)c2)CN1. The molecule has 1 heterocycles. The monoisotopic (exact) mass is 344 g/mol. The van der Waals surface area contributed by atoms with Gasteiger partial charge in [-0.25, -0.2) is 0 Å². The van der Waals surface area contributed by atoms with E-state index in [-0.39, 0.29) is 23.6 Å². The first kappa shape index (κ1) is 17.3. The van der Waals surface area contributed by atoms with Crippen LogP contribution >= 0.6 is 12.2 Å². The number of nitrogens with one attached hydrogen (secondary N) is 1. The Hall–Kier alpha value is -1.06. The molecule has 2 rings (SSSR count). The highest BCUT2D eigenvalue weighted by Crippen LogP contribution is 2.17. The smallest absolute Gasteiger partial charge is 0.294 e. The van der Waals surface area contributed by atoms with Crippen molar-refractivity contribution in [2.24, 2.45) is 0 Å². The molecule has 1 aliphatic rings. The van der Waals surface area contributed by atoms with Gasteiger partial charge < -0.3 is 15.0 Å². The van der Waals surface area contributed by atoms with Gasteiger partial charge in [-0.3, -0.25) is 4.55 Å². The van der Waals surface area contributed by atoms with Gasteiger partial charge >= 0.3 is 0 Å².